The lowest BCUT2D eigenvalue weighted by Gasteiger charge is -2.12. The first-order valence-corrected chi connectivity index (χ1v) is 5.06. The molecule has 1 aromatic rings. The molecule has 14 heavy (non-hydrogen) atoms. The Morgan fingerprint density at radius 2 is 2.21 bits per heavy atom. The van der Waals surface area contributed by atoms with E-state index in [4.69, 9.17) is 4.42 Å². The number of carbonyl (C=O) groups excluding carboxylic acids is 1. The number of furan rings is 1. The van der Waals surface area contributed by atoms with Gasteiger partial charge in [-0.3, -0.25) is 9.69 Å². The van der Waals surface area contributed by atoms with Crippen molar-refractivity contribution in [3.05, 3.63) is 23.2 Å². The number of likely N-dealkylation sites (tertiary alicyclic amines) is 1. The molecule has 1 aromatic heterocycles. The van der Waals surface area contributed by atoms with Crippen molar-refractivity contribution in [2.75, 3.05) is 13.1 Å². The van der Waals surface area contributed by atoms with Gasteiger partial charge in [0.1, 0.15) is 5.76 Å². The first-order valence-electron chi connectivity index (χ1n) is 5.06. The Balaban J connectivity index is 2.10. The molecule has 1 aliphatic heterocycles. The highest BCUT2D eigenvalue weighted by Gasteiger charge is 2.15. The largest absolute Gasteiger partial charge is 0.458 e. The summed E-state index contributed by atoms with van der Waals surface area (Å²) in [6.45, 7) is 5.01. The van der Waals surface area contributed by atoms with Crippen molar-refractivity contribution in [2.24, 2.45) is 0 Å². The fraction of sp³-hybridized carbons (Fsp3) is 0.545. The second kappa shape index (κ2) is 3.96. The molecule has 0 unspecified atom stereocenters. The molecule has 0 amide bonds. The van der Waals surface area contributed by atoms with Crippen LogP contribution >= 0.6 is 0 Å². The van der Waals surface area contributed by atoms with E-state index in [0.29, 0.717) is 5.76 Å². The van der Waals surface area contributed by atoms with Gasteiger partial charge in [0.25, 0.3) is 0 Å². The third kappa shape index (κ3) is 1.87. The van der Waals surface area contributed by atoms with Crippen LogP contribution in [-0.4, -0.2) is 24.3 Å². The van der Waals surface area contributed by atoms with Gasteiger partial charge in [-0.2, -0.15) is 0 Å². The Morgan fingerprint density at radius 1 is 1.50 bits per heavy atom. The Bertz CT molecular complexity index is 324. The number of aryl methyl sites for hydroxylation is 1. The van der Waals surface area contributed by atoms with Crippen LogP contribution in [0.3, 0.4) is 0 Å². The molecule has 0 aliphatic carbocycles. The summed E-state index contributed by atoms with van der Waals surface area (Å²) < 4.78 is 5.28. The number of rotatable bonds is 3. The van der Waals surface area contributed by atoms with E-state index in [2.05, 4.69) is 4.90 Å². The maximum atomic E-state index is 10.7. The van der Waals surface area contributed by atoms with Gasteiger partial charge in [0.2, 0.25) is 0 Å². The van der Waals surface area contributed by atoms with E-state index in [1.807, 2.05) is 13.0 Å². The van der Waals surface area contributed by atoms with Crippen LogP contribution in [0.15, 0.2) is 10.5 Å². The molecule has 1 saturated heterocycles. The normalized spacial score (nSPS) is 17.5. The van der Waals surface area contributed by atoms with Crippen LogP contribution in [0.2, 0.25) is 0 Å². The summed E-state index contributed by atoms with van der Waals surface area (Å²) in [7, 11) is 0. The highest BCUT2D eigenvalue weighted by Crippen LogP contribution is 2.18. The topological polar surface area (TPSA) is 33.5 Å². The van der Waals surface area contributed by atoms with Gasteiger partial charge in [-0.05, 0) is 38.9 Å². The molecule has 1 fully saturated rings. The molecule has 0 radical (unpaired) electrons. The standard InChI is InChI=1S/C11H15NO2/c1-9-6-10(11(8-13)14-9)7-12-4-2-3-5-12/h6,8H,2-5,7H2,1H3. The lowest BCUT2D eigenvalue weighted by atomic mass is 10.2. The van der Waals surface area contributed by atoms with Crippen LogP contribution in [0, 0.1) is 6.92 Å². The maximum absolute atomic E-state index is 10.7. The third-order valence-electron chi connectivity index (χ3n) is 2.66. The van der Waals surface area contributed by atoms with Gasteiger partial charge in [-0.25, -0.2) is 0 Å². The van der Waals surface area contributed by atoms with Crippen molar-refractivity contribution >= 4 is 6.29 Å². The summed E-state index contributed by atoms with van der Waals surface area (Å²) in [6, 6.07) is 1.96. The molecule has 1 aliphatic rings. The molecule has 3 nitrogen and oxygen atoms in total. The van der Waals surface area contributed by atoms with E-state index in [-0.39, 0.29) is 0 Å². The van der Waals surface area contributed by atoms with E-state index >= 15 is 0 Å². The summed E-state index contributed by atoms with van der Waals surface area (Å²) in [6.07, 6.45) is 3.35. The SMILES string of the molecule is Cc1cc(CN2CCCC2)c(C=O)o1. The highest BCUT2D eigenvalue weighted by molar-refractivity contribution is 5.73. The summed E-state index contributed by atoms with van der Waals surface area (Å²) in [5.41, 5.74) is 1.03. The van der Waals surface area contributed by atoms with Crippen molar-refractivity contribution < 1.29 is 9.21 Å². The second-order valence-electron chi connectivity index (χ2n) is 3.85. The fourth-order valence-corrected chi connectivity index (χ4v) is 1.99. The number of aldehydes is 1. The molecule has 0 atom stereocenters. The van der Waals surface area contributed by atoms with E-state index in [1.54, 1.807) is 0 Å². The van der Waals surface area contributed by atoms with Crippen LogP contribution in [0.1, 0.15) is 34.7 Å². The molecule has 0 spiro atoms. The Hall–Kier alpha value is -1.09. The van der Waals surface area contributed by atoms with Crippen molar-refractivity contribution in [1.82, 2.24) is 4.90 Å². The summed E-state index contributed by atoms with van der Waals surface area (Å²) >= 11 is 0. The fourth-order valence-electron chi connectivity index (χ4n) is 1.99. The van der Waals surface area contributed by atoms with Crippen LogP contribution in [0.4, 0.5) is 0 Å². The van der Waals surface area contributed by atoms with E-state index in [1.165, 1.54) is 12.8 Å². The third-order valence-corrected chi connectivity index (χ3v) is 2.66. The number of nitrogens with zero attached hydrogens (tertiary/aromatic N) is 1. The Morgan fingerprint density at radius 3 is 2.86 bits per heavy atom. The van der Waals surface area contributed by atoms with Crippen molar-refractivity contribution in [2.45, 2.75) is 26.3 Å². The van der Waals surface area contributed by atoms with Gasteiger partial charge >= 0.3 is 0 Å². The van der Waals surface area contributed by atoms with E-state index < -0.39 is 0 Å². The monoisotopic (exact) mass is 193 g/mol. The summed E-state index contributed by atoms with van der Waals surface area (Å²) in [5.74, 6) is 1.32. The van der Waals surface area contributed by atoms with Crippen molar-refractivity contribution in [1.29, 1.82) is 0 Å². The zero-order chi connectivity index (χ0) is 9.97. The molecule has 0 bridgehead atoms. The van der Waals surface area contributed by atoms with Gasteiger partial charge in [0.15, 0.2) is 12.0 Å². The first-order chi connectivity index (χ1) is 6.79. The highest BCUT2D eigenvalue weighted by atomic mass is 16.3. The Labute approximate surface area is 83.7 Å². The Kier molecular flexibility index (Phi) is 2.68. The average molecular weight is 193 g/mol. The van der Waals surface area contributed by atoms with Crippen molar-refractivity contribution in [3.8, 4) is 0 Å². The predicted octanol–water partition coefficient (Wildman–Crippen LogP) is 2.00. The molecule has 76 valence electrons. The van der Waals surface area contributed by atoms with Gasteiger partial charge in [-0.15, -0.1) is 0 Å². The molecular formula is C11H15NO2. The van der Waals surface area contributed by atoms with Gasteiger partial charge in [0, 0.05) is 12.1 Å². The predicted molar refractivity (Wildman–Crippen MR) is 53.3 cm³/mol. The van der Waals surface area contributed by atoms with Gasteiger partial charge in [0.05, 0.1) is 0 Å². The zero-order valence-electron chi connectivity index (χ0n) is 8.45. The molecule has 3 heteroatoms. The molecular weight excluding hydrogens is 178 g/mol. The zero-order valence-corrected chi connectivity index (χ0v) is 8.45. The minimum atomic E-state index is 0.495. The molecule has 2 heterocycles. The summed E-state index contributed by atoms with van der Waals surface area (Å²) in [4.78, 5) is 13.1. The lowest BCUT2D eigenvalue weighted by Crippen LogP contribution is -2.18. The van der Waals surface area contributed by atoms with Crippen LogP contribution < -0.4 is 0 Å². The molecule has 0 N–H and O–H groups in total. The summed E-state index contributed by atoms with van der Waals surface area (Å²) in [5, 5.41) is 0. The molecule has 0 saturated carbocycles. The minimum Gasteiger partial charge on any atom is -0.458 e. The van der Waals surface area contributed by atoms with Crippen molar-refractivity contribution in [3.63, 3.8) is 0 Å². The van der Waals surface area contributed by atoms with Crippen LogP contribution in [-0.2, 0) is 6.54 Å². The van der Waals surface area contributed by atoms with Gasteiger partial charge < -0.3 is 4.42 Å². The van der Waals surface area contributed by atoms with Crippen LogP contribution in [0.5, 0.6) is 0 Å². The van der Waals surface area contributed by atoms with Crippen LogP contribution in [0.25, 0.3) is 0 Å². The molecule has 0 aromatic carbocycles. The maximum Gasteiger partial charge on any atom is 0.185 e. The smallest absolute Gasteiger partial charge is 0.185 e. The number of hydrogen-bond acceptors (Lipinski definition) is 3. The average Bonchev–Trinajstić information content (AvgIpc) is 2.76. The first kappa shape index (κ1) is 9.46. The lowest BCUT2D eigenvalue weighted by molar-refractivity contribution is 0.109. The molecule has 2 rings (SSSR count). The second-order valence-corrected chi connectivity index (χ2v) is 3.85. The van der Waals surface area contributed by atoms with E-state index in [9.17, 15) is 4.79 Å². The number of hydrogen-bond donors (Lipinski definition) is 0. The quantitative estimate of drug-likeness (QED) is 0.688. The van der Waals surface area contributed by atoms with E-state index in [0.717, 1.165) is 37.2 Å². The minimum absolute atomic E-state index is 0.495. The van der Waals surface area contributed by atoms with Gasteiger partial charge in [-0.1, -0.05) is 0 Å². The number of carbonyl (C=O) groups is 1.